The van der Waals surface area contributed by atoms with Crippen molar-refractivity contribution in [2.75, 3.05) is 12.4 Å². The van der Waals surface area contributed by atoms with Gasteiger partial charge in [-0.05, 0) is 36.8 Å². The Hall–Kier alpha value is -1.49. The molecule has 0 bridgehead atoms. The lowest BCUT2D eigenvalue weighted by atomic mass is 9.84. The first-order chi connectivity index (χ1) is 11.1. The summed E-state index contributed by atoms with van der Waals surface area (Å²) in [7, 11) is 0. The largest absolute Gasteiger partial charge is 0.481 e. The van der Waals surface area contributed by atoms with E-state index in [0.717, 1.165) is 17.3 Å². The lowest BCUT2D eigenvalue weighted by Crippen LogP contribution is -2.15. The molecule has 23 heavy (non-hydrogen) atoms. The number of aliphatic carboxylic acids is 1. The predicted molar refractivity (Wildman–Crippen MR) is 91.7 cm³/mol. The quantitative estimate of drug-likeness (QED) is 0.758. The maximum Gasteiger partial charge on any atom is 0.323 e. The van der Waals surface area contributed by atoms with Gasteiger partial charge in [0.05, 0.1) is 12.4 Å². The lowest BCUT2D eigenvalue weighted by Gasteiger charge is -2.22. The highest BCUT2D eigenvalue weighted by atomic mass is 32.2. The molecule has 1 aliphatic rings. The van der Waals surface area contributed by atoms with Crippen molar-refractivity contribution < 1.29 is 19.4 Å². The molecule has 2 rings (SSSR count). The Morgan fingerprint density at radius 1 is 1.22 bits per heavy atom. The van der Waals surface area contributed by atoms with Crippen LogP contribution in [0.1, 0.15) is 61.3 Å². The maximum absolute atomic E-state index is 12.1. The molecule has 1 aromatic carbocycles. The monoisotopic (exact) mass is 336 g/mol. The minimum absolute atomic E-state index is 0.117. The van der Waals surface area contributed by atoms with Gasteiger partial charge in [0, 0.05) is 0 Å². The van der Waals surface area contributed by atoms with Gasteiger partial charge in [0.1, 0.15) is 5.25 Å². The van der Waals surface area contributed by atoms with Crippen LogP contribution < -0.4 is 0 Å². The Balaban J connectivity index is 2.10. The number of benzene rings is 1. The van der Waals surface area contributed by atoms with E-state index < -0.39 is 11.2 Å². The summed E-state index contributed by atoms with van der Waals surface area (Å²) in [5.74, 6) is -0.800. The smallest absolute Gasteiger partial charge is 0.323 e. The lowest BCUT2D eigenvalue weighted by molar-refractivity contribution is -0.142. The van der Waals surface area contributed by atoms with Gasteiger partial charge < -0.3 is 9.84 Å². The van der Waals surface area contributed by atoms with Gasteiger partial charge in [0.25, 0.3) is 0 Å². The molecular formula is C18H24O4S. The minimum Gasteiger partial charge on any atom is -0.481 e. The zero-order valence-corrected chi connectivity index (χ0v) is 14.3. The summed E-state index contributed by atoms with van der Waals surface area (Å²) in [6.07, 6.45) is 6.35. The number of carbonyl (C=O) groups is 2. The third kappa shape index (κ3) is 5.27. The van der Waals surface area contributed by atoms with Crippen LogP contribution in [0.5, 0.6) is 0 Å². The van der Waals surface area contributed by atoms with E-state index >= 15 is 0 Å². The molecule has 5 heteroatoms. The predicted octanol–water partition coefficient (Wildman–Crippen LogP) is 4.16. The van der Waals surface area contributed by atoms with E-state index in [1.54, 1.807) is 6.92 Å². The molecule has 0 heterocycles. The number of carbonyl (C=O) groups excluding carboxylic acids is 1. The highest BCUT2D eigenvalue weighted by molar-refractivity contribution is 8.00. The van der Waals surface area contributed by atoms with E-state index in [1.165, 1.54) is 37.7 Å². The van der Waals surface area contributed by atoms with Gasteiger partial charge in [-0.3, -0.25) is 9.59 Å². The normalized spacial score (nSPS) is 16.7. The van der Waals surface area contributed by atoms with E-state index in [0.29, 0.717) is 12.5 Å². The van der Waals surface area contributed by atoms with Crippen molar-refractivity contribution in [2.24, 2.45) is 0 Å². The maximum atomic E-state index is 12.1. The molecule has 0 radical (unpaired) electrons. The summed E-state index contributed by atoms with van der Waals surface area (Å²) >= 11 is 1.10. The fourth-order valence-electron chi connectivity index (χ4n) is 3.05. The van der Waals surface area contributed by atoms with Crippen molar-refractivity contribution >= 4 is 23.7 Å². The fourth-order valence-corrected chi connectivity index (χ4v) is 3.91. The van der Waals surface area contributed by atoms with Gasteiger partial charge in [0.2, 0.25) is 0 Å². The van der Waals surface area contributed by atoms with Crippen LogP contribution in [-0.2, 0) is 14.3 Å². The summed E-state index contributed by atoms with van der Waals surface area (Å²) in [5, 5.41) is 8.28. The summed E-state index contributed by atoms with van der Waals surface area (Å²) in [6, 6.07) is 8.05. The standard InChI is InChI=1S/C18H24O4S/c1-2-22-18(21)17(23-12-16(19)20)15-10-8-14(9-11-15)13-6-4-3-5-7-13/h8-11,13,17H,2-7,12H2,1H3,(H,19,20)/t17-/m0/s1. The third-order valence-corrected chi connectivity index (χ3v) is 5.40. The third-order valence-electron chi connectivity index (χ3n) is 4.19. The Labute approximate surface area is 141 Å². The molecule has 0 spiro atoms. The molecule has 0 aromatic heterocycles. The second-order valence-corrected chi connectivity index (χ2v) is 6.93. The topological polar surface area (TPSA) is 63.6 Å². The van der Waals surface area contributed by atoms with Crippen LogP contribution in [0.3, 0.4) is 0 Å². The molecule has 0 saturated heterocycles. The Morgan fingerprint density at radius 2 is 1.87 bits per heavy atom. The SMILES string of the molecule is CCOC(=O)[C@@H](SCC(=O)O)c1ccc(C2CCCCC2)cc1. The zero-order chi connectivity index (χ0) is 16.7. The Bertz CT molecular complexity index is 520. The van der Waals surface area contributed by atoms with Gasteiger partial charge in [0.15, 0.2) is 0 Å². The number of hydrogen-bond donors (Lipinski definition) is 1. The van der Waals surface area contributed by atoms with Crippen molar-refractivity contribution in [3.8, 4) is 0 Å². The van der Waals surface area contributed by atoms with Crippen molar-refractivity contribution in [3.05, 3.63) is 35.4 Å². The zero-order valence-electron chi connectivity index (χ0n) is 13.5. The highest BCUT2D eigenvalue weighted by Crippen LogP contribution is 2.35. The van der Waals surface area contributed by atoms with Gasteiger partial charge in [-0.15, -0.1) is 11.8 Å². The first-order valence-corrected chi connectivity index (χ1v) is 9.26. The summed E-state index contributed by atoms with van der Waals surface area (Å²) in [4.78, 5) is 22.9. The van der Waals surface area contributed by atoms with Crippen LogP contribution in [0.15, 0.2) is 24.3 Å². The summed E-state index contributed by atoms with van der Waals surface area (Å²) < 4.78 is 5.08. The van der Waals surface area contributed by atoms with Gasteiger partial charge in [-0.25, -0.2) is 0 Å². The molecule has 1 aliphatic carbocycles. The van der Waals surface area contributed by atoms with Crippen LogP contribution in [-0.4, -0.2) is 29.4 Å². The number of hydrogen-bond acceptors (Lipinski definition) is 4. The molecular weight excluding hydrogens is 312 g/mol. The van der Waals surface area contributed by atoms with Crippen LogP contribution in [0.4, 0.5) is 0 Å². The molecule has 4 nitrogen and oxygen atoms in total. The first-order valence-electron chi connectivity index (χ1n) is 8.21. The Kier molecular flexibility index (Phi) is 6.96. The summed E-state index contributed by atoms with van der Waals surface area (Å²) in [5.41, 5.74) is 2.13. The average Bonchev–Trinajstić information content (AvgIpc) is 2.56. The minimum atomic E-state index is -0.928. The number of carboxylic acids is 1. The second kappa shape index (κ2) is 8.96. The molecule has 1 saturated carbocycles. The van der Waals surface area contributed by atoms with Crippen molar-refractivity contribution in [3.63, 3.8) is 0 Å². The van der Waals surface area contributed by atoms with Crippen LogP contribution in [0.25, 0.3) is 0 Å². The van der Waals surface area contributed by atoms with E-state index in [4.69, 9.17) is 9.84 Å². The second-order valence-electron chi connectivity index (χ2n) is 5.84. The Morgan fingerprint density at radius 3 is 2.43 bits per heavy atom. The van der Waals surface area contributed by atoms with E-state index in [1.807, 2.05) is 12.1 Å². The van der Waals surface area contributed by atoms with Crippen LogP contribution in [0.2, 0.25) is 0 Å². The molecule has 126 valence electrons. The van der Waals surface area contributed by atoms with Gasteiger partial charge >= 0.3 is 11.9 Å². The van der Waals surface area contributed by atoms with Gasteiger partial charge in [-0.2, -0.15) is 0 Å². The van der Waals surface area contributed by atoms with Crippen molar-refractivity contribution in [2.45, 2.75) is 50.2 Å². The number of carboxylic acid groups (broad SMARTS) is 1. The average molecular weight is 336 g/mol. The van der Waals surface area contributed by atoms with Crippen LogP contribution in [0, 0.1) is 0 Å². The highest BCUT2D eigenvalue weighted by Gasteiger charge is 2.24. The van der Waals surface area contributed by atoms with Crippen molar-refractivity contribution in [1.82, 2.24) is 0 Å². The molecule has 1 aromatic rings. The van der Waals surface area contributed by atoms with E-state index in [-0.39, 0.29) is 11.7 Å². The number of rotatable bonds is 7. The number of esters is 1. The molecule has 0 amide bonds. The molecule has 1 fully saturated rings. The molecule has 0 unspecified atom stereocenters. The number of thioether (sulfide) groups is 1. The summed E-state index contributed by atoms with van der Waals surface area (Å²) in [6.45, 7) is 2.05. The molecule has 0 aliphatic heterocycles. The van der Waals surface area contributed by atoms with E-state index in [9.17, 15) is 9.59 Å². The first kappa shape index (κ1) is 17.9. The molecule has 1 N–H and O–H groups in total. The number of ether oxygens (including phenoxy) is 1. The fraction of sp³-hybridized carbons (Fsp3) is 0.556. The van der Waals surface area contributed by atoms with Gasteiger partial charge in [-0.1, -0.05) is 43.5 Å². The molecule has 1 atom stereocenters. The van der Waals surface area contributed by atoms with E-state index in [2.05, 4.69) is 12.1 Å². The van der Waals surface area contributed by atoms with Crippen molar-refractivity contribution in [1.29, 1.82) is 0 Å². The van der Waals surface area contributed by atoms with Crippen LogP contribution >= 0.6 is 11.8 Å².